The molecule has 9 aliphatic rings. The van der Waals surface area contributed by atoms with E-state index in [-0.39, 0.29) is 34.7 Å². The molecule has 4 bridgehead atoms. The number of aliphatic imine (C=N–C) groups is 1. The Hall–Kier alpha value is -1.24. The average Bonchev–Trinajstić information content (AvgIpc) is 3.41. The summed E-state index contributed by atoms with van der Waals surface area (Å²) in [7, 11) is 0. The number of aliphatic hydroxyl groups is 3. The largest absolute Gasteiger partial charge is 0.458 e. The van der Waals surface area contributed by atoms with Crippen LogP contribution in [-0.4, -0.2) is 57.0 Å². The van der Waals surface area contributed by atoms with Gasteiger partial charge in [-0.3, -0.25) is 4.99 Å². The molecule has 0 saturated heterocycles. The minimum absolute atomic E-state index is 0.0490. The van der Waals surface area contributed by atoms with Gasteiger partial charge in [-0.25, -0.2) is 4.79 Å². The predicted octanol–water partition coefficient (Wildman–Crippen LogP) is 4.74. The van der Waals surface area contributed by atoms with Gasteiger partial charge >= 0.3 is 5.97 Å². The second-order valence-electron chi connectivity index (χ2n) is 15.9. The van der Waals surface area contributed by atoms with Crippen molar-refractivity contribution in [2.45, 2.75) is 126 Å². The summed E-state index contributed by atoms with van der Waals surface area (Å²) in [6, 6.07) is 0. The first-order chi connectivity index (χ1) is 18.6. The number of carbonyl (C=O) groups is 1. The monoisotopic (exact) mass is 537 g/mol. The molecule has 1 heterocycles. The van der Waals surface area contributed by atoms with E-state index in [0.29, 0.717) is 25.9 Å². The van der Waals surface area contributed by atoms with E-state index in [4.69, 9.17) is 9.73 Å². The van der Waals surface area contributed by atoms with Gasteiger partial charge in [0.25, 0.3) is 0 Å². The van der Waals surface area contributed by atoms with Crippen molar-refractivity contribution in [3.05, 3.63) is 11.6 Å². The number of hydrogen-bond donors (Lipinski definition) is 3. The molecule has 8 saturated carbocycles. The van der Waals surface area contributed by atoms with E-state index >= 15 is 0 Å². The van der Waals surface area contributed by atoms with Crippen molar-refractivity contribution in [1.29, 1.82) is 0 Å². The van der Waals surface area contributed by atoms with Crippen LogP contribution in [0.4, 0.5) is 0 Å². The number of cyclic esters (lactones) is 1. The molecular formula is C33H47NO5. The minimum Gasteiger partial charge on any atom is -0.458 e. The molecule has 6 heteroatoms. The Labute approximate surface area is 232 Å². The fraction of sp³-hybridized carbons (Fsp3) is 0.879. The molecule has 9 rings (SSSR count). The summed E-state index contributed by atoms with van der Waals surface area (Å²) in [6.07, 6.45) is 18.0. The Morgan fingerprint density at radius 1 is 0.897 bits per heavy atom. The van der Waals surface area contributed by atoms with Gasteiger partial charge in [-0.15, -0.1) is 0 Å². The van der Waals surface area contributed by atoms with E-state index in [1.165, 1.54) is 38.5 Å². The quantitative estimate of drug-likeness (QED) is 0.357. The zero-order valence-electron chi connectivity index (χ0n) is 23.6. The van der Waals surface area contributed by atoms with Crippen molar-refractivity contribution in [3.8, 4) is 0 Å². The van der Waals surface area contributed by atoms with Gasteiger partial charge in [-0.1, -0.05) is 6.92 Å². The summed E-state index contributed by atoms with van der Waals surface area (Å²) in [5.74, 6) is 2.64. The van der Waals surface area contributed by atoms with E-state index in [2.05, 4.69) is 13.1 Å². The normalized spacial score (nSPS) is 57.7. The van der Waals surface area contributed by atoms with Crippen LogP contribution in [0.3, 0.4) is 0 Å². The first kappa shape index (κ1) is 25.5. The van der Waals surface area contributed by atoms with Crippen LogP contribution in [0.25, 0.3) is 0 Å². The van der Waals surface area contributed by atoms with Gasteiger partial charge in [0.15, 0.2) is 0 Å². The van der Waals surface area contributed by atoms with E-state index in [0.717, 1.165) is 61.9 Å². The van der Waals surface area contributed by atoms with Crippen LogP contribution < -0.4 is 0 Å². The van der Waals surface area contributed by atoms with Crippen molar-refractivity contribution < 1.29 is 24.9 Å². The van der Waals surface area contributed by atoms with E-state index in [1.807, 2.05) is 0 Å². The molecule has 214 valence electrons. The molecule has 8 aliphatic carbocycles. The molecule has 0 spiro atoms. The standard InChI is InChI=1S/C33H47NO5/c1-29-6-3-26-27(33(29,38)9-5-25(29)23-13-28(36)39-18-23)4-8-32(37)17-24(35)2-7-31(26,32)19-34-30-14-20-10-21(15-30)12-22(11-20)16-30/h13,19-22,24-27,35,37-38H,2-12,14-18H2,1H3/t20?,21?,22?,24?,25?,26-,27+,29?,30?,31?,32?,33?/m0/s1. The van der Waals surface area contributed by atoms with Crippen LogP contribution in [-0.2, 0) is 9.53 Å². The first-order valence-corrected chi connectivity index (χ1v) is 16.1. The van der Waals surface area contributed by atoms with E-state index < -0.39 is 22.7 Å². The van der Waals surface area contributed by atoms with E-state index in [9.17, 15) is 20.1 Å². The van der Waals surface area contributed by atoms with Gasteiger partial charge in [-0.05, 0) is 131 Å². The van der Waals surface area contributed by atoms with Crippen molar-refractivity contribution >= 4 is 12.2 Å². The zero-order chi connectivity index (χ0) is 26.8. The van der Waals surface area contributed by atoms with Gasteiger partial charge in [-0.2, -0.15) is 0 Å². The maximum Gasteiger partial charge on any atom is 0.331 e. The number of rotatable bonds is 3. The van der Waals surface area contributed by atoms with E-state index in [1.54, 1.807) is 6.08 Å². The fourth-order valence-electron chi connectivity index (χ4n) is 12.8. The minimum atomic E-state index is -0.964. The number of ether oxygens (including phenoxy) is 1. The number of fused-ring (bicyclic) bond motifs is 5. The summed E-state index contributed by atoms with van der Waals surface area (Å²) < 4.78 is 5.30. The highest BCUT2D eigenvalue weighted by Gasteiger charge is 2.71. The maximum atomic E-state index is 12.7. The highest BCUT2D eigenvalue weighted by Crippen LogP contribution is 2.70. The molecule has 39 heavy (non-hydrogen) atoms. The SMILES string of the molecule is CC12CC[C@H]3[C@@H](CCC4(O)CC(O)CCC34C=NC34CC5CC(CC(C5)C3)C4)C1(O)CCC2C1=CC(=O)OC1. The molecule has 0 radical (unpaired) electrons. The molecule has 0 amide bonds. The summed E-state index contributed by atoms with van der Waals surface area (Å²) in [5, 5.41) is 35.8. The van der Waals surface area contributed by atoms with Gasteiger partial charge in [0.05, 0.1) is 22.8 Å². The second kappa shape index (κ2) is 8.19. The van der Waals surface area contributed by atoms with Gasteiger partial charge in [0.2, 0.25) is 0 Å². The zero-order valence-corrected chi connectivity index (χ0v) is 23.6. The molecule has 3 N–H and O–H groups in total. The molecule has 6 nitrogen and oxygen atoms in total. The van der Waals surface area contributed by atoms with Crippen LogP contribution in [0.2, 0.25) is 0 Å². The van der Waals surface area contributed by atoms with Crippen molar-refractivity contribution in [3.63, 3.8) is 0 Å². The Morgan fingerprint density at radius 2 is 1.59 bits per heavy atom. The lowest BCUT2D eigenvalue weighted by Crippen LogP contribution is -2.69. The summed E-state index contributed by atoms with van der Waals surface area (Å²) in [5.41, 5.74) is -1.47. The lowest BCUT2D eigenvalue weighted by Gasteiger charge is -2.66. The van der Waals surface area contributed by atoms with Crippen LogP contribution >= 0.6 is 0 Å². The number of carbonyl (C=O) groups excluding carboxylic acids is 1. The van der Waals surface area contributed by atoms with Crippen molar-refractivity contribution in [2.24, 2.45) is 51.3 Å². The molecule has 8 fully saturated rings. The summed E-state index contributed by atoms with van der Waals surface area (Å²) in [4.78, 5) is 17.5. The number of aliphatic hydroxyl groups excluding tert-OH is 1. The van der Waals surface area contributed by atoms with Crippen molar-refractivity contribution in [2.75, 3.05) is 6.61 Å². The van der Waals surface area contributed by atoms with Crippen LogP contribution in [0.1, 0.15) is 103 Å². The van der Waals surface area contributed by atoms with Gasteiger partial charge < -0.3 is 20.1 Å². The van der Waals surface area contributed by atoms with Gasteiger partial charge in [0, 0.05) is 29.5 Å². The maximum absolute atomic E-state index is 12.7. The number of nitrogens with zero attached hydrogens (tertiary/aromatic N) is 1. The average molecular weight is 538 g/mol. The Kier molecular flexibility index (Phi) is 5.35. The smallest absolute Gasteiger partial charge is 0.331 e. The molecule has 1 aliphatic heterocycles. The molecule has 0 aromatic carbocycles. The highest BCUT2D eigenvalue weighted by molar-refractivity contribution is 5.85. The number of hydrogen-bond acceptors (Lipinski definition) is 6. The second-order valence-corrected chi connectivity index (χ2v) is 15.9. The Balaban J connectivity index is 1.16. The highest BCUT2D eigenvalue weighted by atomic mass is 16.5. The number of esters is 1. The molecular weight excluding hydrogens is 490 g/mol. The third-order valence-corrected chi connectivity index (χ3v) is 14.2. The topological polar surface area (TPSA) is 99.4 Å². The predicted molar refractivity (Wildman–Crippen MR) is 147 cm³/mol. The fourth-order valence-corrected chi connectivity index (χ4v) is 12.8. The van der Waals surface area contributed by atoms with Crippen LogP contribution in [0, 0.1) is 46.3 Å². The molecule has 6 unspecified atom stereocenters. The Bertz CT molecular complexity index is 1100. The van der Waals surface area contributed by atoms with Crippen LogP contribution in [0.5, 0.6) is 0 Å². The summed E-state index contributed by atoms with van der Waals surface area (Å²) >= 11 is 0. The molecule has 8 atom stereocenters. The van der Waals surface area contributed by atoms with Crippen molar-refractivity contribution in [1.82, 2.24) is 0 Å². The van der Waals surface area contributed by atoms with Gasteiger partial charge in [0.1, 0.15) is 6.61 Å². The lowest BCUT2D eigenvalue weighted by atomic mass is 9.41. The Morgan fingerprint density at radius 3 is 2.26 bits per heavy atom. The first-order valence-electron chi connectivity index (χ1n) is 16.1. The van der Waals surface area contributed by atoms with Crippen LogP contribution in [0.15, 0.2) is 16.6 Å². The third-order valence-electron chi connectivity index (χ3n) is 14.2. The summed E-state index contributed by atoms with van der Waals surface area (Å²) in [6.45, 7) is 2.62. The molecule has 0 aromatic rings. The molecule has 0 aromatic heterocycles. The lowest BCUT2D eigenvalue weighted by molar-refractivity contribution is -0.237. The third kappa shape index (κ3) is 3.37.